The zero-order chi connectivity index (χ0) is 15.7. The summed E-state index contributed by atoms with van der Waals surface area (Å²) in [6, 6.07) is 5.74. The number of hydrogen-bond donors (Lipinski definition) is 2. The van der Waals surface area contributed by atoms with Gasteiger partial charge < -0.3 is 20.5 Å². The first-order chi connectivity index (χ1) is 10.1. The molecule has 1 aromatic carbocycles. The third-order valence-corrected chi connectivity index (χ3v) is 3.00. The normalized spacial score (nSPS) is 11.8. The molecule has 0 saturated heterocycles. The first-order valence-corrected chi connectivity index (χ1v) is 7.38. The Labute approximate surface area is 126 Å². The molecule has 3 N–H and O–H groups in total. The fourth-order valence-corrected chi connectivity index (χ4v) is 1.93. The number of carbonyl (C=O) groups excluding carboxylic acids is 1. The Kier molecular flexibility index (Phi) is 7.61. The number of ether oxygens (including phenoxy) is 2. The third kappa shape index (κ3) is 6.49. The fraction of sp³-hybridized carbons (Fsp3) is 0.562. The molecule has 0 saturated carbocycles. The predicted molar refractivity (Wildman–Crippen MR) is 83.8 cm³/mol. The van der Waals surface area contributed by atoms with Crippen molar-refractivity contribution in [1.82, 2.24) is 5.32 Å². The van der Waals surface area contributed by atoms with Crippen LogP contribution < -0.4 is 20.5 Å². The van der Waals surface area contributed by atoms with Crippen LogP contribution >= 0.6 is 0 Å². The van der Waals surface area contributed by atoms with Crippen molar-refractivity contribution in [3.05, 3.63) is 23.8 Å². The predicted octanol–water partition coefficient (Wildman–Crippen LogP) is 1.88. The van der Waals surface area contributed by atoms with E-state index in [-0.39, 0.29) is 18.6 Å². The Bertz CT molecular complexity index is 447. The van der Waals surface area contributed by atoms with Crippen LogP contribution in [0, 0.1) is 0 Å². The molecule has 5 nitrogen and oxygen atoms in total. The number of methoxy groups -OCH3 is 1. The summed E-state index contributed by atoms with van der Waals surface area (Å²) in [5.41, 5.74) is 6.86. The minimum Gasteiger partial charge on any atom is -0.493 e. The zero-order valence-electron chi connectivity index (χ0n) is 13.1. The van der Waals surface area contributed by atoms with Crippen LogP contribution in [0.3, 0.4) is 0 Å². The molecule has 0 heterocycles. The van der Waals surface area contributed by atoms with Crippen molar-refractivity contribution in [3.63, 3.8) is 0 Å². The topological polar surface area (TPSA) is 73.6 Å². The molecule has 0 radical (unpaired) electrons. The number of hydrogen-bond acceptors (Lipinski definition) is 4. The molecule has 0 spiro atoms. The molecular formula is C16H26N2O3. The SMILES string of the molecule is CCCCNC(=O)COc1cc(CC(C)N)ccc1OC. The van der Waals surface area contributed by atoms with E-state index in [1.165, 1.54) is 0 Å². The van der Waals surface area contributed by atoms with E-state index in [4.69, 9.17) is 15.2 Å². The molecular weight excluding hydrogens is 268 g/mol. The second-order valence-corrected chi connectivity index (χ2v) is 5.16. The standard InChI is InChI=1S/C16H26N2O3/c1-4-5-8-18-16(19)11-21-15-10-13(9-12(2)17)6-7-14(15)20-3/h6-7,10,12H,4-5,8-9,11,17H2,1-3H3,(H,18,19). The molecule has 0 aliphatic carbocycles. The average molecular weight is 294 g/mol. The molecule has 1 atom stereocenters. The van der Waals surface area contributed by atoms with E-state index in [1.807, 2.05) is 25.1 Å². The Hall–Kier alpha value is -1.75. The number of carbonyl (C=O) groups is 1. The molecule has 21 heavy (non-hydrogen) atoms. The molecule has 0 aliphatic rings. The Morgan fingerprint density at radius 2 is 2.14 bits per heavy atom. The van der Waals surface area contributed by atoms with Crippen LogP contribution in [0.15, 0.2) is 18.2 Å². The maximum Gasteiger partial charge on any atom is 0.257 e. The lowest BCUT2D eigenvalue weighted by molar-refractivity contribution is -0.123. The number of benzene rings is 1. The Morgan fingerprint density at radius 3 is 2.76 bits per heavy atom. The summed E-state index contributed by atoms with van der Waals surface area (Å²) >= 11 is 0. The zero-order valence-corrected chi connectivity index (χ0v) is 13.1. The average Bonchev–Trinajstić information content (AvgIpc) is 2.45. The van der Waals surface area contributed by atoms with E-state index < -0.39 is 0 Å². The largest absolute Gasteiger partial charge is 0.493 e. The van der Waals surface area contributed by atoms with Crippen LogP contribution in [-0.2, 0) is 11.2 Å². The van der Waals surface area contributed by atoms with Gasteiger partial charge in [-0.25, -0.2) is 0 Å². The van der Waals surface area contributed by atoms with Gasteiger partial charge in [0.05, 0.1) is 7.11 Å². The maximum atomic E-state index is 11.7. The van der Waals surface area contributed by atoms with E-state index in [0.29, 0.717) is 18.0 Å². The summed E-state index contributed by atoms with van der Waals surface area (Å²) in [5, 5.41) is 2.81. The van der Waals surface area contributed by atoms with Crippen LogP contribution in [-0.4, -0.2) is 32.2 Å². The van der Waals surface area contributed by atoms with Gasteiger partial charge in [-0.15, -0.1) is 0 Å². The lowest BCUT2D eigenvalue weighted by atomic mass is 10.1. The fourth-order valence-electron chi connectivity index (χ4n) is 1.93. The van der Waals surface area contributed by atoms with Gasteiger partial charge in [-0.3, -0.25) is 4.79 Å². The van der Waals surface area contributed by atoms with Gasteiger partial charge in [0.2, 0.25) is 0 Å². The summed E-state index contributed by atoms with van der Waals surface area (Å²) in [6.45, 7) is 4.70. The van der Waals surface area contributed by atoms with E-state index in [0.717, 1.165) is 24.8 Å². The van der Waals surface area contributed by atoms with Crippen LogP contribution in [0.4, 0.5) is 0 Å². The van der Waals surface area contributed by atoms with Gasteiger partial charge in [0.1, 0.15) is 0 Å². The molecule has 0 bridgehead atoms. The summed E-state index contributed by atoms with van der Waals surface area (Å²) in [7, 11) is 1.58. The lowest BCUT2D eigenvalue weighted by Crippen LogP contribution is -2.29. The van der Waals surface area contributed by atoms with Crippen molar-refractivity contribution >= 4 is 5.91 Å². The van der Waals surface area contributed by atoms with Crippen molar-refractivity contribution < 1.29 is 14.3 Å². The number of amides is 1. The summed E-state index contributed by atoms with van der Waals surface area (Å²) in [4.78, 5) is 11.7. The molecule has 1 amide bonds. The highest BCUT2D eigenvalue weighted by Crippen LogP contribution is 2.28. The second-order valence-electron chi connectivity index (χ2n) is 5.16. The first kappa shape index (κ1) is 17.3. The van der Waals surface area contributed by atoms with Crippen molar-refractivity contribution in [1.29, 1.82) is 0 Å². The second kappa shape index (κ2) is 9.23. The highest BCUT2D eigenvalue weighted by atomic mass is 16.5. The Balaban J connectivity index is 2.61. The van der Waals surface area contributed by atoms with Crippen molar-refractivity contribution in [3.8, 4) is 11.5 Å². The molecule has 1 aromatic rings. The quantitative estimate of drug-likeness (QED) is 0.682. The van der Waals surface area contributed by atoms with Gasteiger partial charge in [0, 0.05) is 12.6 Å². The third-order valence-electron chi connectivity index (χ3n) is 3.00. The van der Waals surface area contributed by atoms with E-state index in [2.05, 4.69) is 12.2 Å². The van der Waals surface area contributed by atoms with E-state index in [9.17, 15) is 4.79 Å². The smallest absolute Gasteiger partial charge is 0.257 e. The maximum absolute atomic E-state index is 11.7. The summed E-state index contributed by atoms with van der Waals surface area (Å²) in [5.74, 6) is 1.06. The molecule has 1 unspecified atom stereocenters. The van der Waals surface area contributed by atoms with Gasteiger partial charge in [-0.2, -0.15) is 0 Å². The molecule has 5 heteroatoms. The molecule has 118 valence electrons. The number of rotatable bonds is 9. The van der Waals surface area contributed by atoms with E-state index in [1.54, 1.807) is 7.11 Å². The van der Waals surface area contributed by atoms with Gasteiger partial charge in [0.15, 0.2) is 18.1 Å². The number of nitrogens with one attached hydrogen (secondary N) is 1. The minimum atomic E-state index is -0.122. The lowest BCUT2D eigenvalue weighted by Gasteiger charge is -2.13. The van der Waals surface area contributed by atoms with Gasteiger partial charge in [-0.05, 0) is 37.5 Å². The van der Waals surface area contributed by atoms with Crippen LogP contribution in [0.2, 0.25) is 0 Å². The molecule has 0 fully saturated rings. The van der Waals surface area contributed by atoms with Crippen molar-refractivity contribution in [2.75, 3.05) is 20.3 Å². The number of nitrogens with two attached hydrogens (primary N) is 1. The van der Waals surface area contributed by atoms with Gasteiger partial charge >= 0.3 is 0 Å². The monoisotopic (exact) mass is 294 g/mol. The van der Waals surface area contributed by atoms with Gasteiger partial charge in [-0.1, -0.05) is 19.4 Å². The molecule has 0 aliphatic heterocycles. The van der Waals surface area contributed by atoms with E-state index >= 15 is 0 Å². The summed E-state index contributed by atoms with van der Waals surface area (Å²) < 4.78 is 10.8. The summed E-state index contributed by atoms with van der Waals surface area (Å²) in [6.07, 6.45) is 2.77. The van der Waals surface area contributed by atoms with Crippen molar-refractivity contribution in [2.24, 2.45) is 5.73 Å². The van der Waals surface area contributed by atoms with Gasteiger partial charge in [0.25, 0.3) is 5.91 Å². The minimum absolute atomic E-state index is 0.0122. The number of unbranched alkanes of at least 4 members (excludes halogenated alkanes) is 1. The van der Waals surface area contributed by atoms with Crippen LogP contribution in [0.5, 0.6) is 11.5 Å². The van der Waals surface area contributed by atoms with Crippen LogP contribution in [0.25, 0.3) is 0 Å². The van der Waals surface area contributed by atoms with Crippen LogP contribution in [0.1, 0.15) is 32.3 Å². The molecule has 1 rings (SSSR count). The highest BCUT2D eigenvalue weighted by molar-refractivity contribution is 5.77. The molecule has 0 aromatic heterocycles. The Morgan fingerprint density at radius 1 is 1.38 bits per heavy atom. The highest BCUT2D eigenvalue weighted by Gasteiger charge is 2.09. The van der Waals surface area contributed by atoms with Crippen molar-refractivity contribution in [2.45, 2.75) is 39.2 Å². The first-order valence-electron chi connectivity index (χ1n) is 7.38.